The molecule has 8 heteroatoms. The maximum atomic E-state index is 12.5. The van der Waals surface area contributed by atoms with Crippen molar-refractivity contribution in [2.45, 2.75) is 18.3 Å². The molecular weight excluding hydrogens is 440 g/mol. The van der Waals surface area contributed by atoms with Crippen LogP contribution >= 0.6 is 0 Å². The average Bonchev–Trinajstić information content (AvgIpc) is 2.90. The number of hydrogen-bond acceptors (Lipinski definition) is 8. The van der Waals surface area contributed by atoms with Gasteiger partial charge in [0.15, 0.2) is 6.10 Å². The molecule has 8 nitrogen and oxygen atoms in total. The fraction of sp³-hybridized carbons (Fsp3) is 0.192. The third kappa shape index (κ3) is 6.99. The van der Waals surface area contributed by atoms with E-state index < -0.39 is 49.4 Å². The van der Waals surface area contributed by atoms with Gasteiger partial charge in [-0.25, -0.2) is 14.4 Å². The maximum Gasteiger partial charge on any atom is 0.338 e. The molecule has 176 valence electrons. The first-order chi connectivity index (χ1) is 16.5. The van der Waals surface area contributed by atoms with Crippen molar-refractivity contribution in [1.29, 1.82) is 0 Å². The Bertz CT molecular complexity index is 1070. The average molecular weight is 464 g/mol. The minimum Gasteiger partial charge on any atom is -0.459 e. The molecule has 0 radical (unpaired) electrons. The number of carbonyl (C=O) groups excluding carboxylic acids is 3. The number of benzene rings is 3. The van der Waals surface area contributed by atoms with E-state index in [-0.39, 0.29) is 16.7 Å². The molecule has 0 heterocycles. The van der Waals surface area contributed by atoms with Gasteiger partial charge in [0.2, 0.25) is 0 Å². The number of carbonyl (C=O) groups is 3. The van der Waals surface area contributed by atoms with Crippen LogP contribution in [0.2, 0.25) is 0 Å². The van der Waals surface area contributed by atoms with Gasteiger partial charge in [0.1, 0.15) is 25.4 Å². The summed E-state index contributed by atoms with van der Waals surface area (Å²) in [5, 5.41) is 21.0. The maximum absolute atomic E-state index is 12.5. The van der Waals surface area contributed by atoms with Crippen molar-refractivity contribution < 1.29 is 38.8 Å². The lowest BCUT2D eigenvalue weighted by molar-refractivity contribution is -0.101. The number of rotatable bonds is 10. The second kappa shape index (κ2) is 12.3. The number of aliphatic hydroxyl groups is 2. The van der Waals surface area contributed by atoms with Gasteiger partial charge in [-0.3, -0.25) is 0 Å². The Hall–Kier alpha value is -4.01. The molecule has 0 aromatic heterocycles. The van der Waals surface area contributed by atoms with Gasteiger partial charge in [0.05, 0.1) is 16.7 Å². The smallest absolute Gasteiger partial charge is 0.338 e. The van der Waals surface area contributed by atoms with Gasteiger partial charge >= 0.3 is 17.9 Å². The molecule has 0 spiro atoms. The standard InChI is InChI=1S/C26H24O8/c27-21(16-32-24(29)18-10-4-1-5-11-18)23(28)22(34-26(31)20-14-8-3-9-15-20)17-33-25(30)19-12-6-2-7-13-19/h1-15,21-23,27-28H,16-17H2/t21-,22+,23+/m0/s1. The van der Waals surface area contributed by atoms with Crippen molar-refractivity contribution in [3.8, 4) is 0 Å². The van der Waals surface area contributed by atoms with Gasteiger partial charge < -0.3 is 24.4 Å². The van der Waals surface area contributed by atoms with E-state index in [2.05, 4.69) is 0 Å². The third-order valence-electron chi connectivity index (χ3n) is 4.83. The zero-order valence-electron chi connectivity index (χ0n) is 18.2. The molecule has 0 fully saturated rings. The molecule has 3 atom stereocenters. The van der Waals surface area contributed by atoms with Crippen LogP contribution in [0.1, 0.15) is 31.1 Å². The van der Waals surface area contributed by atoms with Crippen LogP contribution in [0.5, 0.6) is 0 Å². The van der Waals surface area contributed by atoms with Crippen molar-refractivity contribution in [2.75, 3.05) is 13.2 Å². The summed E-state index contributed by atoms with van der Waals surface area (Å²) in [6.45, 7) is -1.10. The van der Waals surface area contributed by atoms with Crippen LogP contribution in [-0.2, 0) is 14.2 Å². The SMILES string of the molecule is O=C(OC[C@H](O)[C@@H](O)[C@@H](COC(=O)c1ccccc1)OC(=O)c1ccccc1)c1ccccc1. The molecular formula is C26H24O8. The summed E-state index contributed by atoms with van der Waals surface area (Å²) in [5.41, 5.74) is 0.745. The molecule has 0 aliphatic carbocycles. The van der Waals surface area contributed by atoms with E-state index in [1.54, 1.807) is 78.9 Å². The Kier molecular flexibility index (Phi) is 8.90. The lowest BCUT2D eigenvalue weighted by Crippen LogP contribution is -2.45. The van der Waals surface area contributed by atoms with Crippen LogP contribution in [0.3, 0.4) is 0 Å². The zero-order chi connectivity index (χ0) is 24.3. The first kappa shape index (κ1) is 24.6. The summed E-state index contributed by atoms with van der Waals surface area (Å²) in [5.74, 6) is -2.17. The Morgan fingerprint density at radius 2 is 0.971 bits per heavy atom. The molecule has 3 rings (SSSR count). The molecule has 0 bridgehead atoms. The second-order valence-corrected chi connectivity index (χ2v) is 7.30. The van der Waals surface area contributed by atoms with Crippen LogP contribution in [0.4, 0.5) is 0 Å². The number of hydrogen-bond donors (Lipinski definition) is 2. The van der Waals surface area contributed by atoms with Crippen molar-refractivity contribution in [2.24, 2.45) is 0 Å². The molecule has 0 aliphatic rings. The fourth-order valence-electron chi connectivity index (χ4n) is 2.96. The zero-order valence-corrected chi connectivity index (χ0v) is 18.2. The topological polar surface area (TPSA) is 119 Å². The van der Waals surface area contributed by atoms with Gasteiger partial charge in [-0.1, -0.05) is 54.6 Å². The van der Waals surface area contributed by atoms with Crippen molar-refractivity contribution in [1.82, 2.24) is 0 Å². The highest BCUT2D eigenvalue weighted by Gasteiger charge is 2.32. The Morgan fingerprint density at radius 3 is 1.41 bits per heavy atom. The van der Waals surface area contributed by atoms with Crippen molar-refractivity contribution in [3.63, 3.8) is 0 Å². The van der Waals surface area contributed by atoms with Gasteiger partial charge in [-0.15, -0.1) is 0 Å². The Balaban J connectivity index is 1.65. The van der Waals surface area contributed by atoms with E-state index in [4.69, 9.17) is 14.2 Å². The van der Waals surface area contributed by atoms with Gasteiger partial charge in [0.25, 0.3) is 0 Å². The first-order valence-corrected chi connectivity index (χ1v) is 10.5. The summed E-state index contributed by atoms with van der Waals surface area (Å²) in [6.07, 6.45) is -4.75. The lowest BCUT2D eigenvalue weighted by atomic mass is 10.1. The highest BCUT2D eigenvalue weighted by Crippen LogP contribution is 2.13. The van der Waals surface area contributed by atoms with E-state index in [9.17, 15) is 24.6 Å². The highest BCUT2D eigenvalue weighted by molar-refractivity contribution is 5.90. The molecule has 0 amide bonds. The number of aliphatic hydroxyl groups excluding tert-OH is 2. The van der Waals surface area contributed by atoms with Gasteiger partial charge in [0, 0.05) is 0 Å². The van der Waals surface area contributed by atoms with E-state index in [1.165, 1.54) is 12.1 Å². The molecule has 0 saturated carbocycles. The quantitative estimate of drug-likeness (QED) is 0.347. The van der Waals surface area contributed by atoms with Crippen LogP contribution in [0.25, 0.3) is 0 Å². The summed E-state index contributed by atoms with van der Waals surface area (Å²) in [6, 6.07) is 24.3. The minimum atomic E-state index is -1.71. The van der Waals surface area contributed by atoms with E-state index in [0.717, 1.165) is 0 Å². The Morgan fingerprint density at radius 1 is 0.588 bits per heavy atom. The van der Waals surface area contributed by atoms with E-state index in [0.29, 0.717) is 0 Å². The molecule has 3 aromatic carbocycles. The largest absolute Gasteiger partial charge is 0.459 e. The van der Waals surface area contributed by atoms with E-state index in [1.807, 2.05) is 0 Å². The molecule has 0 unspecified atom stereocenters. The summed E-state index contributed by atoms with van der Waals surface area (Å²) in [4.78, 5) is 36.9. The third-order valence-corrected chi connectivity index (χ3v) is 4.83. The number of esters is 3. The predicted molar refractivity (Wildman–Crippen MR) is 121 cm³/mol. The molecule has 2 N–H and O–H groups in total. The minimum absolute atomic E-state index is 0.207. The van der Waals surface area contributed by atoms with Crippen molar-refractivity contribution >= 4 is 17.9 Å². The monoisotopic (exact) mass is 464 g/mol. The van der Waals surface area contributed by atoms with E-state index >= 15 is 0 Å². The van der Waals surface area contributed by atoms with Crippen molar-refractivity contribution in [3.05, 3.63) is 108 Å². The number of ether oxygens (including phenoxy) is 3. The van der Waals surface area contributed by atoms with Crippen LogP contribution < -0.4 is 0 Å². The second-order valence-electron chi connectivity index (χ2n) is 7.30. The Labute approximate surface area is 196 Å². The summed E-state index contributed by atoms with van der Waals surface area (Å²) in [7, 11) is 0. The lowest BCUT2D eigenvalue weighted by Gasteiger charge is -2.26. The summed E-state index contributed by atoms with van der Waals surface area (Å²) >= 11 is 0. The van der Waals surface area contributed by atoms with Crippen LogP contribution in [0, 0.1) is 0 Å². The highest BCUT2D eigenvalue weighted by atomic mass is 16.6. The molecule has 0 saturated heterocycles. The first-order valence-electron chi connectivity index (χ1n) is 10.5. The summed E-state index contributed by atoms with van der Waals surface area (Å²) < 4.78 is 15.6. The molecule has 34 heavy (non-hydrogen) atoms. The van der Waals surface area contributed by atoms with Gasteiger partial charge in [-0.05, 0) is 36.4 Å². The van der Waals surface area contributed by atoms with Crippen LogP contribution in [-0.4, -0.2) is 59.6 Å². The predicted octanol–water partition coefficient (Wildman–Crippen LogP) is 2.65. The fourth-order valence-corrected chi connectivity index (χ4v) is 2.96. The normalized spacial score (nSPS) is 13.2. The molecule has 0 aliphatic heterocycles. The molecule has 3 aromatic rings. The van der Waals surface area contributed by atoms with Crippen LogP contribution in [0.15, 0.2) is 91.0 Å². The van der Waals surface area contributed by atoms with Gasteiger partial charge in [-0.2, -0.15) is 0 Å².